The maximum Gasteiger partial charge on any atom is 0.321 e. The van der Waals surface area contributed by atoms with Crippen LogP contribution < -0.4 is 4.74 Å². The van der Waals surface area contributed by atoms with Crippen LogP contribution in [0.3, 0.4) is 0 Å². The molecule has 1 heterocycles. The fourth-order valence-corrected chi connectivity index (χ4v) is 1.37. The molecule has 0 aliphatic heterocycles. The first-order valence-corrected chi connectivity index (χ1v) is 5.51. The average molecular weight is 323 g/mol. The molecule has 0 unspecified atom stereocenters. The summed E-state index contributed by atoms with van der Waals surface area (Å²) in [6.07, 6.45) is 3.33. The molecule has 0 spiro atoms. The summed E-state index contributed by atoms with van der Waals surface area (Å²) in [5, 5.41) is 8.73. The second kappa shape index (κ2) is 4.90. The summed E-state index contributed by atoms with van der Waals surface area (Å²) in [4.78, 5) is 8.01. The van der Waals surface area contributed by atoms with Gasteiger partial charge in [0.2, 0.25) is 0 Å². The van der Waals surface area contributed by atoms with Crippen molar-refractivity contribution < 1.29 is 4.74 Å². The van der Waals surface area contributed by atoms with Gasteiger partial charge in [-0.3, -0.25) is 0 Å². The van der Waals surface area contributed by atoms with E-state index in [0.29, 0.717) is 11.3 Å². The molecule has 1 aromatic heterocycles. The predicted molar refractivity (Wildman–Crippen MR) is 66.0 cm³/mol. The lowest BCUT2D eigenvalue weighted by Crippen LogP contribution is -1.91. The van der Waals surface area contributed by atoms with Crippen molar-refractivity contribution in [2.75, 3.05) is 0 Å². The lowest BCUT2D eigenvalue weighted by Gasteiger charge is -2.02. The van der Waals surface area contributed by atoms with Crippen LogP contribution in [0.25, 0.3) is 0 Å². The summed E-state index contributed by atoms with van der Waals surface area (Å²) in [6, 6.07) is 9.17. The first kappa shape index (κ1) is 10.8. The van der Waals surface area contributed by atoms with Crippen molar-refractivity contribution in [3.05, 3.63) is 45.8 Å². The maximum atomic E-state index is 8.73. The highest BCUT2D eigenvalue weighted by Gasteiger charge is 2.00. The van der Waals surface area contributed by atoms with Gasteiger partial charge in [-0.25, -0.2) is 9.97 Å². The van der Waals surface area contributed by atoms with E-state index in [2.05, 4.69) is 32.6 Å². The van der Waals surface area contributed by atoms with Crippen molar-refractivity contribution in [3.63, 3.8) is 0 Å². The minimum atomic E-state index is 0.274. The van der Waals surface area contributed by atoms with Gasteiger partial charge in [-0.05, 0) is 40.8 Å². The number of halogens is 1. The molecule has 0 aliphatic rings. The van der Waals surface area contributed by atoms with Crippen LogP contribution in [0.4, 0.5) is 0 Å². The molecule has 2 rings (SSSR count). The van der Waals surface area contributed by atoms with E-state index < -0.39 is 0 Å². The van der Waals surface area contributed by atoms with E-state index in [0.717, 1.165) is 3.57 Å². The molecule has 2 aromatic rings. The highest BCUT2D eigenvalue weighted by Crippen LogP contribution is 2.18. The van der Waals surface area contributed by atoms with Crippen molar-refractivity contribution in [2.45, 2.75) is 0 Å². The normalized spacial score (nSPS) is 9.50. The molecule has 0 N–H and O–H groups in total. The Morgan fingerprint density at radius 2 is 2.00 bits per heavy atom. The first-order chi connectivity index (χ1) is 7.78. The third-order valence-electron chi connectivity index (χ3n) is 1.77. The van der Waals surface area contributed by atoms with E-state index in [1.54, 1.807) is 36.7 Å². The summed E-state index contributed by atoms with van der Waals surface area (Å²) in [5.74, 6) is 0.556. The quantitative estimate of drug-likeness (QED) is 0.798. The SMILES string of the molecule is N#Cc1cccc(Oc2ncc(I)cn2)c1. The van der Waals surface area contributed by atoms with Gasteiger partial charge in [0.15, 0.2) is 0 Å². The zero-order valence-corrected chi connectivity index (χ0v) is 10.2. The maximum absolute atomic E-state index is 8.73. The van der Waals surface area contributed by atoms with Gasteiger partial charge in [0.25, 0.3) is 0 Å². The zero-order valence-electron chi connectivity index (χ0n) is 8.09. The highest BCUT2D eigenvalue weighted by molar-refractivity contribution is 14.1. The average Bonchev–Trinajstić information content (AvgIpc) is 2.32. The molecule has 0 bridgehead atoms. The number of ether oxygens (including phenoxy) is 1. The van der Waals surface area contributed by atoms with Crippen LogP contribution in [0, 0.1) is 14.9 Å². The first-order valence-electron chi connectivity index (χ1n) is 4.43. The number of hydrogen-bond donors (Lipinski definition) is 0. The number of benzene rings is 1. The lowest BCUT2D eigenvalue weighted by molar-refractivity contribution is 0.441. The molecule has 1 aromatic carbocycles. The van der Waals surface area contributed by atoms with E-state index in [-0.39, 0.29) is 6.01 Å². The van der Waals surface area contributed by atoms with Crippen LogP contribution in [-0.4, -0.2) is 9.97 Å². The van der Waals surface area contributed by atoms with E-state index in [1.807, 2.05) is 6.07 Å². The van der Waals surface area contributed by atoms with Crippen LogP contribution in [0.5, 0.6) is 11.8 Å². The van der Waals surface area contributed by atoms with Crippen molar-refractivity contribution >= 4 is 22.6 Å². The van der Waals surface area contributed by atoms with Crippen LogP contribution >= 0.6 is 22.6 Å². The minimum absolute atomic E-state index is 0.274. The second-order valence-corrected chi connectivity index (χ2v) is 4.17. The van der Waals surface area contributed by atoms with Gasteiger partial charge in [0.05, 0.1) is 11.6 Å². The Hall–Kier alpha value is -1.68. The zero-order chi connectivity index (χ0) is 11.4. The number of nitriles is 1. The molecule has 0 atom stereocenters. The summed E-state index contributed by atoms with van der Waals surface area (Å²) in [7, 11) is 0. The molecular formula is C11H6IN3O. The monoisotopic (exact) mass is 323 g/mol. The number of rotatable bonds is 2. The van der Waals surface area contributed by atoms with Gasteiger partial charge in [-0.2, -0.15) is 5.26 Å². The van der Waals surface area contributed by atoms with Gasteiger partial charge in [-0.1, -0.05) is 6.07 Å². The van der Waals surface area contributed by atoms with Gasteiger partial charge in [-0.15, -0.1) is 0 Å². The molecule has 5 heteroatoms. The molecular weight excluding hydrogens is 317 g/mol. The molecule has 0 amide bonds. The molecule has 0 fully saturated rings. The van der Waals surface area contributed by atoms with E-state index in [4.69, 9.17) is 10.00 Å². The van der Waals surface area contributed by atoms with E-state index >= 15 is 0 Å². The predicted octanol–water partition coefficient (Wildman–Crippen LogP) is 2.75. The van der Waals surface area contributed by atoms with Crippen molar-refractivity contribution in [2.24, 2.45) is 0 Å². The van der Waals surface area contributed by atoms with Gasteiger partial charge in [0.1, 0.15) is 5.75 Å². The fourth-order valence-electron chi connectivity index (χ4n) is 1.09. The van der Waals surface area contributed by atoms with E-state index in [1.165, 1.54) is 0 Å². The summed E-state index contributed by atoms with van der Waals surface area (Å²) in [5.41, 5.74) is 0.544. The Labute approximate surface area is 106 Å². The van der Waals surface area contributed by atoms with E-state index in [9.17, 15) is 0 Å². The Balaban J connectivity index is 2.21. The second-order valence-electron chi connectivity index (χ2n) is 2.93. The molecule has 0 radical (unpaired) electrons. The van der Waals surface area contributed by atoms with Crippen molar-refractivity contribution in [1.29, 1.82) is 5.26 Å². The van der Waals surface area contributed by atoms with Crippen molar-refractivity contribution in [3.8, 4) is 17.8 Å². The molecule has 0 saturated heterocycles. The van der Waals surface area contributed by atoms with Crippen molar-refractivity contribution in [1.82, 2.24) is 9.97 Å². The van der Waals surface area contributed by atoms with Crippen LogP contribution in [-0.2, 0) is 0 Å². The van der Waals surface area contributed by atoms with Gasteiger partial charge < -0.3 is 4.74 Å². The molecule has 4 nitrogen and oxygen atoms in total. The standard InChI is InChI=1S/C11H6IN3O/c12-9-6-14-11(15-7-9)16-10-3-1-2-8(4-10)5-13/h1-4,6-7H. The van der Waals surface area contributed by atoms with Crippen LogP contribution in [0.15, 0.2) is 36.7 Å². The Morgan fingerprint density at radius 3 is 2.69 bits per heavy atom. The fraction of sp³-hybridized carbons (Fsp3) is 0. The molecule has 16 heavy (non-hydrogen) atoms. The van der Waals surface area contributed by atoms with Gasteiger partial charge in [0, 0.05) is 16.0 Å². The van der Waals surface area contributed by atoms with Gasteiger partial charge >= 0.3 is 6.01 Å². The smallest absolute Gasteiger partial charge is 0.321 e. The summed E-state index contributed by atoms with van der Waals surface area (Å²) < 4.78 is 6.34. The lowest BCUT2D eigenvalue weighted by atomic mass is 10.2. The summed E-state index contributed by atoms with van der Waals surface area (Å²) in [6.45, 7) is 0. The highest BCUT2D eigenvalue weighted by atomic mass is 127. The van der Waals surface area contributed by atoms with Crippen LogP contribution in [0.2, 0.25) is 0 Å². The topological polar surface area (TPSA) is 58.8 Å². The molecule has 78 valence electrons. The Morgan fingerprint density at radius 1 is 1.25 bits per heavy atom. The number of nitrogens with zero attached hydrogens (tertiary/aromatic N) is 3. The number of hydrogen-bond acceptors (Lipinski definition) is 4. The minimum Gasteiger partial charge on any atom is -0.424 e. The largest absolute Gasteiger partial charge is 0.424 e. The van der Waals surface area contributed by atoms with Crippen LogP contribution in [0.1, 0.15) is 5.56 Å². The third kappa shape index (κ3) is 2.67. The Kier molecular flexibility index (Phi) is 3.31. The molecule has 0 saturated carbocycles. The summed E-state index contributed by atoms with van der Waals surface area (Å²) >= 11 is 2.12. The number of aromatic nitrogens is 2. The third-order valence-corrected chi connectivity index (χ3v) is 2.33. The Bertz CT molecular complexity index is 534. The molecule has 0 aliphatic carbocycles.